The maximum Gasteiger partial charge on any atom is 0.186 e. The second-order valence-electron chi connectivity index (χ2n) is 7.16. The van der Waals surface area contributed by atoms with Crippen LogP contribution in [0.2, 0.25) is 5.02 Å². The van der Waals surface area contributed by atoms with Crippen LogP contribution in [0.15, 0.2) is 101 Å². The van der Waals surface area contributed by atoms with Gasteiger partial charge in [-0.2, -0.15) is 0 Å². The summed E-state index contributed by atoms with van der Waals surface area (Å²) in [6, 6.07) is 21.1. The van der Waals surface area contributed by atoms with Crippen molar-refractivity contribution in [2.75, 3.05) is 6.61 Å². The Kier molecular flexibility index (Phi) is 8.39. The molecule has 0 saturated heterocycles. The fourth-order valence-corrected chi connectivity index (χ4v) is 6.19. The van der Waals surface area contributed by atoms with Gasteiger partial charge in [-0.1, -0.05) is 71.8 Å². The Labute approximate surface area is 196 Å². The Bertz CT molecular complexity index is 1180. The minimum atomic E-state index is -3.89. The van der Waals surface area contributed by atoms with Crippen molar-refractivity contribution in [2.45, 2.75) is 28.0 Å². The van der Waals surface area contributed by atoms with E-state index in [1.165, 1.54) is 24.3 Å². The highest BCUT2D eigenvalue weighted by Crippen LogP contribution is 2.30. The first-order valence-corrected chi connectivity index (χ1v) is 13.0. The minimum absolute atomic E-state index is 0.134. The molecule has 0 spiro atoms. The summed E-state index contributed by atoms with van der Waals surface area (Å²) in [6.07, 6.45) is 2.81. The zero-order chi connectivity index (χ0) is 23.1. The van der Waals surface area contributed by atoms with Gasteiger partial charge in [0.25, 0.3) is 0 Å². The second kappa shape index (κ2) is 11.0. The molecule has 0 bridgehead atoms. The fourth-order valence-electron chi connectivity index (χ4n) is 3.20. The van der Waals surface area contributed by atoms with Crippen LogP contribution in [-0.4, -0.2) is 29.6 Å². The lowest BCUT2D eigenvalue weighted by Gasteiger charge is -2.26. The van der Waals surface area contributed by atoms with E-state index >= 15 is 0 Å². The van der Waals surface area contributed by atoms with Gasteiger partial charge < -0.3 is 5.11 Å². The van der Waals surface area contributed by atoms with Crippen LogP contribution in [0.1, 0.15) is 17.2 Å². The summed E-state index contributed by atoms with van der Waals surface area (Å²) >= 11 is 6.04. The van der Waals surface area contributed by atoms with Crippen LogP contribution in [0.25, 0.3) is 0 Å². The summed E-state index contributed by atoms with van der Waals surface area (Å²) in [7, 11) is -5.58. The van der Waals surface area contributed by atoms with Gasteiger partial charge >= 0.3 is 0 Å². The number of rotatable bonds is 9. The molecule has 8 heteroatoms. The van der Waals surface area contributed by atoms with E-state index in [1.807, 2.05) is 19.1 Å². The molecule has 0 aromatic heterocycles. The van der Waals surface area contributed by atoms with E-state index in [0.717, 1.165) is 5.56 Å². The maximum atomic E-state index is 13.6. The van der Waals surface area contributed by atoms with E-state index in [4.69, 9.17) is 11.6 Å². The van der Waals surface area contributed by atoms with Crippen LogP contribution in [0.3, 0.4) is 0 Å². The average Bonchev–Trinajstić information content (AvgIpc) is 2.80. The van der Waals surface area contributed by atoms with E-state index in [9.17, 15) is 17.7 Å². The number of aliphatic hydroxyl groups excluding tert-OH is 1. The molecule has 0 fully saturated rings. The summed E-state index contributed by atoms with van der Waals surface area (Å²) in [5.41, 5.74) is 1.62. The molecule has 32 heavy (non-hydrogen) atoms. The zero-order valence-corrected chi connectivity index (χ0v) is 19.8. The van der Waals surface area contributed by atoms with E-state index in [-0.39, 0.29) is 11.5 Å². The average molecular weight is 490 g/mol. The molecule has 0 aliphatic heterocycles. The summed E-state index contributed by atoms with van der Waals surface area (Å²) < 4.78 is 43.3. The third-order valence-electron chi connectivity index (χ3n) is 4.89. The summed E-state index contributed by atoms with van der Waals surface area (Å²) in [5.74, 6) is 0. The van der Waals surface area contributed by atoms with Crippen molar-refractivity contribution in [1.29, 1.82) is 0 Å². The molecule has 168 valence electrons. The molecular formula is C24H24ClNO4S2. The SMILES string of the molecule is Cc1ccc(S(=O)N[C@H](c2ccc(Cl)cc2)[C@H](/C=C\CO)S(=O)(=O)c2ccccc2)cc1. The summed E-state index contributed by atoms with van der Waals surface area (Å²) in [5, 5.41) is 8.72. The lowest BCUT2D eigenvalue weighted by Crippen LogP contribution is -2.37. The number of hydrogen-bond acceptors (Lipinski definition) is 4. The van der Waals surface area contributed by atoms with Crippen LogP contribution < -0.4 is 4.72 Å². The van der Waals surface area contributed by atoms with Gasteiger partial charge in [0.15, 0.2) is 9.84 Å². The molecule has 3 aromatic carbocycles. The molecule has 2 N–H and O–H groups in total. The molecule has 0 amide bonds. The van der Waals surface area contributed by atoms with Gasteiger partial charge in [-0.15, -0.1) is 0 Å². The van der Waals surface area contributed by atoms with Gasteiger partial charge in [0.1, 0.15) is 16.2 Å². The Balaban J connectivity index is 2.09. The summed E-state index contributed by atoms with van der Waals surface area (Å²) in [4.78, 5) is 0.658. The van der Waals surface area contributed by atoms with Crippen molar-refractivity contribution in [2.24, 2.45) is 0 Å². The third-order valence-corrected chi connectivity index (χ3v) is 8.38. The third kappa shape index (κ3) is 5.94. The Morgan fingerprint density at radius 1 is 1.00 bits per heavy atom. The number of hydrogen-bond donors (Lipinski definition) is 2. The van der Waals surface area contributed by atoms with Crippen LogP contribution in [0.4, 0.5) is 0 Å². The highest BCUT2D eigenvalue weighted by atomic mass is 35.5. The molecule has 1 unspecified atom stereocenters. The molecule has 0 saturated carbocycles. The Morgan fingerprint density at radius 3 is 2.22 bits per heavy atom. The molecular weight excluding hydrogens is 466 g/mol. The molecule has 3 aromatic rings. The van der Waals surface area contributed by atoms with Crippen molar-refractivity contribution in [1.82, 2.24) is 4.72 Å². The monoisotopic (exact) mass is 489 g/mol. The lowest BCUT2D eigenvalue weighted by molar-refractivity contribution is 0.342. The van der Waals surface area contributed by atoms with Crippen LogP contribution >= 0.6 is 11.6 Å². The predicted octanol–water partition coefficient (Wildman–Crippen LogP) is 4.39. The Hall–Kier alpha value is -2.29. The van der Waals surface area contributed by atoms with Crippen LogP contribution in [0.5, 0.6) is 0 Å². The Morgan fingerprint density at radius 2 is 1.62 bits per heavy atom. The molecule has 0 aliphatic rings. The van der Waals surface area contributed by atoms with E-state index in [1.54, 1.807) is 54.6 Å². The zero-order valence-electron chi connectivity index (χ0n) is 17.4. The first-order chi connectivity index (χ1) is 15.3. The predicted molar refractivity (Wildman–Crippen MR) is 129 cm³/mol. The van der Waals surface area contributed by atoms with E-state index in [2.05, 4.69) is 4.72 Å². The maximum absolute atomic E-state index is 13.6. The number of sulfone groups is 1. The molecule has 5 nitrogen and oxygen atoms in total. The van der Waals surface area contributed by atoms with Gasteiger partial charge in [-0.25, -0.2) is 17.3 Å². The highest BCUT2D eigenvalue weighted by Gasteiger charge is 2.35. The minimum Gasteiger partial charge on any atom is -0.392 e. The first-order valence-electron chi connectivity index (χ1n) is 9.89. The van der Waals surface area contributed by atoms with E-state index in [0.29, 0.717) is 15.5 Å². The topological polar surface area (TPSA) is 83.5 Å². The number of aryl methyl sites for hydroxylation is 1. The van der Waals surface area contributed by atoms with Gasteiger partial charge in [0, 0.05) is 5.02 Å². The number of nitrogens with one attached hydrogen (secondary N) is 1. The molecule has 0 aliphatic carbocycles. The standard InChI is InChI=1S/C24H24ClNO4S2/c1-18-9-15-21(16-10-18)31(28)26-24(19-11-13-20(25)14-12-19)23(8-5-17-27)32(29,30)22-6-3-2-4-7-22/h2-16,23-24,26-27H,17H2,1H3/b8-5-/t23-,24+,31?/m0/s1. The quantitative estimate of drug-likeness (QED) is 0.436. The molecule has 3 atom stereocenters. The van der Waals surface area contributed by atoms with Crippen LogP contribution in [-0.2, 0) is 20.8 Å². The van der Waals surface area contributed by atoms with E-state index < -0.39 is 32.1 Å². The number of benzene rings is 3. The van der Waals surface area contributed by atoms with Crippen molar-refractivity contribution in [3.8, 4) is 0 Å². The van der Waals surface area contributed by atoms with Gasteiger partial charge in [0.05, 0.1) is 22.4 Å². The normalized spacial score (nSPS) is 14.8. The first kappa shape index (κ1) is 24.4. The molecule has 0 heterocycles. The van der Waals surface area contributed by atoms with Crippen LogP contribution in [0, 0.1) is 6.92 Å². The lowest BCUT2D eigenvalue weighted by atomic mass is 10.0. The van der Waals surface area contributed by atoms with Gasteiger partial charge in [0.2, 0.25) is 0 Å². The van der Waals surface area contributed by atoms with Crippen molar-refractivity contribution < 1.29 is 17.7 Å². The van der Waals surface area contributed by atoms with Crippen molar-refractivity contribution in [3.63, 3.8) is 0 Å². The number of aliphatic hydroxyl groups is 1. The molecule has 3 rings (SSSR count). The summed E-state index contributed by atoms with van der Waals surface area (Å²) in [6.45, 7) is 1.61. The smallest absolute Gasteiger partial charge is 0.186 e. The van der Waals surface area contributed by atoms with Crippen molar-refractivity contribution in [3.05, 3.63) is 107 Å². The highest BCUT2D eigenvalue weighted by molar-refractivity contribution is 7.92. The largest absolute Gasteiger partial charge is 0.392 e. The number of halogens is 1. The van der Waals surface area contributed by atoms with Gasteiger partial charge in [-0.3, -0.25) is 0 Å². The van der Waals surface area contributed by atoms with Crippen molar-refractivity contribution >= 4 is 32.4 Å². The fraction of sp³-hybridized carbons (Fsp3) is 0.167. The second-order valence-corrected chi connectivity index (χ2v) is 10.9. The molecule has 0 radical (unpaired) electrons. The van der Waals surface area contributed by atoms with Gasteiger partial charge in [-0.05, 0) is 48.9 Å².